The minimum absolute atomic E-state index is 0.408. The predicted molar refractivity (Wildman–Crippen MR) is 88.8 cm³/mol. The van der Waals surface area contributed by atoms with Crippen LogP contribution in [0.2, 0.25) is 0 Å². The summed E-state index contributed by atoms with van der Waals surface area (Å²) >= 11 is 1.48. The summed E-state index contributed by atoms with van der Waals surface area (Å²) in [6.45, 7) is -0.408. The molecular formula is C17H13NO4S. The van der Waals surface area contributed by atoms with Crippen LogP contribution in [0, 0.1) is 0 Å². The van der Waals surface area contributed by atoms with Gasteiger partial charge in [-0.2, -0.15) is 0 Å². The van der Waals surface area contributed by atoms with Gasteiger partial charge >= 0.3 is 5.97 Å². The average Bonchev–Trinajstić information content (AvgIpc) is 3.08. The van der Waals surface area contributed by atoms with Gasteiger partial charge in [0, 0.05) is 10.9 Å². The lowest BCUT2D eigenvalue weighted by Crippen LogP contribution is -2.10. The number of fused-ring (bicyclic) bond motifs is 1. The summed E-state index contributed by atoms with van der Waals surface area (Å²) in [5.41, 5.74) is 1.23. The van der Waals surface area contributed by atoms with Crippen LogP contribution in [0.15, 0.2) is 59.1 Å². The van der Waals surface area contributed by atoms with Gasteiger partial charge in [0.1, 0.15) is 11.5 Å². The molecule has 0 fully saturated rings. The Morgan fingerprint density at radius 3 is 2.52 bits per heavy atom. The second kappa shape index (κ2) is 6.50. The van der Waals surface area contributed by atoms with Crippen LogP contribution in [-0.4, -0.2) is 28.6 Å². The number of carboxylic acids is 1. The van der Waals surface area contributed by atoms with Crippen LogP contribution in [0.5, 0.6) is 5.75 Å². The molecule has 0 saturated heterocycles. The third kappa shape index (κ3) is 3.02. The average molecular weight is 327 g/mol. The third-order valence-electron chi connectivity index (χ3n) is 3.34. The second-order valence-electron chi connectivity index (χ2n) is 4.77. The zero-order valence-corrected chi connectivity index (χ0v) is 12.8. The number of ether oxygens (including phenoxy) is 1. The van der Waals surface area contributed by atoms with Crippen molar-refractivity contribution in [3.63, 3.8) is 0 Å². The molecule has 3 aromatic rings. The van der Waals surface area contributed by atoms with Crippen molar-refractivity contribution < 1.29 is 19.8 Å². The fourth-order valence-electron chi connectivity index (χ4n) is 2.39. The quantitative estimate of drug-likeness (QED) is 0.426. The molecule has 0 unspecified atom stereocenters. The molecule has 116 valence electrons. The second-order valence-corrected chi connectivity index (χ2v) is 5.71. The first-order valence-corrected chi connectivity index (χ1v) is 7.71. The molecular weight excluding hydrogens is 314 g/mol. The molecule has 0 saturated carbocycles. The summed E-state index contributed by atoms with van der Waals surface area (Å²) in [6.07, 6.45) is 0. The fraction of sp³-hybridized carbons (Fsp3) is 0.0588. The number of carbonyl (C=O) groups is 1. The summed E-state index contributed by atoms with van der Waals surface area (Å²) in [6, 6.07) is 14.7. The van der Waals surface area contributed by atoms with Gasteiger partial charge in [-0.05, 0) is 29.0 Å². The van der Waals surface area contributed by atoms with Crippen LogP contribution in [0.4, 0.5) is 0 Å². The van der Waals surface area contributed by atoms with Crippen molar-refractivity contribution in [3.8, 4) is 5.75 Å². The fourth-order valence-corrected chi connectivity index (χ4v) is 3.12. The van der Waals surface area contributed by atoms with Gasteiger partial charge in [0.25, 0.3) is 0 Å². The lowest BCUT2D eigenvalue weighted by molar-refractivity contribution is -0.139. The lowest BCUT2D eigenvalue weighted by Gasteiger charge is -2.12. The van der Waals surface area contributed by atoms with Crippen molar-refractivity contribution in [3.05, 3.63) is 64.4 Å². The summed E-state index contributed by atoms with van der Waals surface area (Å²) < 4.78 is 5.34. The maximum absolute atomic E-state index is 10.7. The van der Waals surface area contributed by atoms with Crippen LogP contribution >= 0.6 is 11.3 Å². The minimum atomic E-state index is -1.03. The van der Waals surface area contributed by atoms with E-state index < -0.39 is 12.6 Å². The van der Waals surface area contributed by atoms with E-state index in [-0.39, 0.29) is 0 Å². The van der Waals surface area contributed by atoms with Crippen LogP contribution in [0.3, 0.4) is 0 Å². The molecule has 1 heterocycles. The predicted octanol–water partition coefficient (Wildman–Crippen LogP) is 3.59. The molecule has 2 aromatic carbocycles. The number of hydrogen-bond acceptors (Lipinski definition) is 5. The number of thiophene rings is 1. The van der Waals surface area contributed by atoms with Crippen molar-refractivity contribution in [1.82, 2.24) is 0 Å². The first-order chi connectivity index (χ1) is 11.2. The summed E-state index contributed by atoms with van der Waals surface area (Å²) in [4.78, 5) is 11.6. The van der Waals surface area contributed by atoms with Gasteiger partial charge in [-0.3, -0.25) is 0 Å². The van der Waals surface area contributed by atoms with Crippen molar-refractivity contribution in [1.29, 1.82) is 0 Å². The Hall–Kier alpha value is -2.86. The Labute approximate surface area is 136 Å². The first kappa shape index (κ1) is 15.1. The number of oxime groups is 1. The molecule has 0 atom stereocenters. The number of carboxylic acid groups (broad SMARTS) is 1. The van der Waals surface area contributed by atoms with Gasteiger partial charge in [0.15, 0.2) is 6.61 Å². The maximum Gasteiger partial charge on any atom is 0.341 e. The SMILES string of the molecule is O=C(O)COc1ccc(/C(=N/O)c2cccs2)c2ccccc12. The monoisotopic (exact) mass is 327 g/mol. The van der Waals surface area contributed by atoms with Gasteiger partial charge in [0.2, 0.25) is 0 Å². The summed E-state index contributed by atoms with van der Waals surface area (Å²) in [5.74, 6) is -0.551. The standard InChI is InChI=1S/C17H13NO4S/c19-16(20)10-22-14-8-7-13(11-4-1-2-5-12(11)14)17(18-21)15-6-3-9-23-15/h1-9,21H,10H2,(H,19,20)/b18-17-. The number of hydrogen-bond donors (Lipinski definition) is 2. The molecule has 0 bridgehead atoms. The van der Waals surface area contributed by atoms with E-state index >= 15 is 0 Å². The normalized spacial score (nSPS) is 11.6. The molecule has 6 heteroatoms. The molecule has 0 aliphatic rings. The van der Waals surface area contributed by atoms with E-state index in [9.17, 15) is 10.0 Å². The van der Waals surface area contributed by atoms with E-state index in [1.807, 2.05) is 41.8 Å². The zero-order valence-electron chi connectivity index (χ0n) is 12.0. The highest BCUT2D eigenvalue weighted by Crippen LogP contribution is 2.31. The number of benzene rings is 2. The van der Waals surface area contributed by atoms with Crippen molar-refractivity contribution >= 4 is 33.8 Å². The Bertz CT molecular complexity index is 871. The molecule has 1 aromatic heterocycles. The van der Waals surface area contributed by atoms with Crippen LogP contribution < -0.4 is 4.74 Å². The highest BCUT2D eigenvalue weighted by molar-refractivity contribution is 7.12. The lowest BCUT2D eigenvalue weighted by atomic mass is 9.99. The van der Waals surface area contributed by atoms with Gasteiger partial charge in [-0.25, -0.2) is 4.79 Å². The molecule has 5 nitrogen and oxygen atoms in total. The van der Waals surface area contributed by atoms with Gasteiger partial charge in [-0.1, -0.05) is 35.5 Å². The molecule has 3 rings (SSSR count). The maximum atomic E-state index is 10.7. The molecule has 23 heavy (non-hydrogen) atoms. The number of rotatable bonds is 5. The Kier molecular flexibility index (Phi) is 4.25. The summed E-state index contributed by atoms with van der Waals surface area (Å²) in [7, 11) is 0. The van der Waals surface area contributed by atoms with E-state index in [1.54, 1.807) is 12.1 Å². The molecule has 0 radical (unpaired) electrons. The minimum Gasteiger partial charge on any atom is -0.481 e. The van der Waals surface area contributed by atoms with Gasteiger partial charge in [-0.15, -0.1) is 11.3 Å². The Morgan fingerprint density at radius 1 is 1.09 bits per heavy atom. The largest absolute Gasteiger partial charge is 0.481 e. The smallest absolute Gasteiger partial charge is 0.341 e. The molecule has 0 amide bonds. The van der Waals surface area contributed by atoms with Crippen LogP contribution in [-0.2, 0) is 4.79 Å². The van der Waals surface area contributed by atoms with Crippen LogP contribution in [0.1, 0.15) is 10.4 Å². The first-order valence-electron chi connectivity index (χ1n) is 6.83. The van der Waals surface area contributed by atoms with Crippen LogP contribution in [0.25, 0.3) is 10.8 Å². The third-order valence-corrected chi connectivity index (χ3v) is 4.22. The van der Waals surface area contributed by atoms with E-state index in [0.29, 0.717) is 11.5 Å². The Morgan fingerprint density at radius 2 is 1.87 bits per heavy atom. The topological polar surface area (TPSA) is 79.1 Å². The van der Waals surface area contributed by atoms with Gasteiger partial charge in [0.05, 0.1) is 4.88 Å². The van der Waals surface area contributed by atoms with Crippen molar-refractivity contribution in [2.75, 3.05) is 6.61 Å². The number of aliphatic carboxylic acids is 1. The van der Waals surface area contributed by atoms with E-state index in [0.717, 1.165) is 21.2 Å². The van der Waals surface area contributed by atoms with Gasteiger partial charge < -0.3 is 15.1 Å². The molecule has 2 N–H and O–H groups in total. The van der Waals surface area contributed by atoms with E-state index in [2.05, 4.69) is 5.16 Å². The van der Waals surface area contributed by atoms with Crippen molar-refractivity contribution in [2.45, 2.75) is 0 Å². The highest BCUT2D eigenvalue weighted by Gasteiger charge is 2.15. The van der Waals surface area contributed by atoms with E-state index in [1.165, 1.54) is 11.3 Å². The molecule has 0 spiro atoms. The highest BCUT2D eigenvalue weighted by atomic mass is 32.1. The number of nitrogens with zero attached hydrogens (tertiary/aromatic N) is 1. The molecule has 0 aliphatic heterocycles. The van der Waals surface area contributed by atoms with E-state index in [4.69, 9.17) is 9.84 Å². The molecule has 0 aliphatic carbocycles. The zero-order chi connectivity index (χ0) is 16.2. The Balaban J connectivity index is 2.13. The van der Waals surface area contributed by atoms with Crippen molar-refractivity contribution in [2.24, 2.45) is 5.16 Å². The summed E-state index contributed by atoms with van der Waals surface area (Å²) in [5, 5.41) is 25.2.